The highest BCUT2D eigenvalue weighted by atomic mass is 32.1. The van der Waals surface area contributed by atoms with Gasteiger partial charge in [0, 0.05) is 18.8 Å². The summed E-state index contributed by atoms with van der Waals surface area (Å²) in [6.07, 6.45) is 1.73. The molecule has 2 aromatic heterocycles. The molecule has 0 aliphatic rings. The first-order chi connectivity index (χ1) is 9.78. The third-order valence-electron chi connectivity index (χ3n) is 3.03. The number of methoxy groups -OCH3 is 1. The average molecular weight is 286 g/mol. The number of nitrogens with zero attached hydrogens (tertiary/aromatic N) is 2. The predicted octanol–water partition coefficient (Wildman–Crippen LogP) is 2.89. The highest BCUT2D eigenvalue weighted by Crippen LogP contribution is 2.30. The van der Waals surface area contributed by atoms with Crippen molar-refractivity contribution < 1.29 is 4.74 Å². The largest absolute Gasteiger partial charge is 0.481 e. The predicted molar refractivity (Wildman–Crippen MR) is 82.1 cm³/mol. The Morgan fingerprint density at radius 2 is 2.20 bits per heavy atom. The molecule has 0 saturated heterocycles. The third kappa shape index (κ3) is 2.37. The molecule has 2 heterocycles. The lowest BCUT2D eigenvalue weighted by molar-refractivity contribution is 0.397. The lowest BCUT2D eigenvalue weighted by atomic mass is 10.2. The van der Waals surface area contributed by atoms with Crippen molar-refractivity contribution in [1.29, 1.82) is 0 Å². The lowest BCUT2D eigenvalue weighted by Crippen LogP contribution is -2.03. The molecule has 3 rings (SSSR count). The molecule has 6 heteroatoms. The Morgan fingerprint density at radius 3 is 3.05 bits per heavy atom. The van der Waals surface area contributed by atoms with E-state index in [9.17, 15) is 0 Å². The molecule has 0 atom stereocenters. The van der Waals surface area contributed by atoms with Crippen LogP contribution in [0.2, 0.25) is 0 Å². The first-order valence-electron chi connectivity index (χ1n) is 6.12. The quantitative estimate of drug-likeness (QED) is 0.721. The summed E-state index contributed by atoms with van der Waals surface area (Å²) in [7, 11) is 1.60. The minimum absolute atomic E-state index is 0.604. The molecule has 0 saturated carbocycles. The van der Waals surface area contributed by atoms with Gasteiger partial charge in [0.15, 0.2) is 0 Å². The number of hydrogen-bond donors (Lipinski definition) is 2. The van der Waals surface area contributed by atoms with Crippen LogP contribution in [0, 0.1) is 0 Å². The number of anilines is 2. The van der Waals surface area contributed by atoms with Crippen molar-refractivity contribution in [2.75, 3.05) is 18.2 Å². The van der Waals surface area contributed by atoms with Crippen molar-refractivity contribution in [3.05, 3.63) is 41.5 Å². The fourth-order valence-corrected chi connectivity index (χ4v) is 2.67. The van der Waals surface area contributed by atoms with Crippen molar-refractivity contribution in [1.82, 2.24) is 9.97 Å². The Bertz CT molecular complexity index is 741. The maximum Gasteiger partial charge on any atom is 0.213 e. The van der Waals surface area contributed by atoms with E-state index in [2.05, 4.69) is 15.3 Å². The van der Waals surface area contributed by atoms with Gasteiger partial charge in [0.25, 0.3) is 0 Å². The summed E-state index contributed by atoms with van der Waals surface area (Å²) in [6, 6.07) is 7.84. The monoisotopic (exact) mass is 286 g/mol. The number of rotatable bonds is 4. The van der Waals surface area contributed by atoms with Crippen LogP contribution in [-0.2, 0) is 6.54 Å². The number of nitrogens with one attached hydrogen (secondary N) is 1. The molecule has 3 N–H and O–H groups in total. The molecule has 0 spiro atoms. The smallest absolute Gasteiger partial charge is 0.213 e. The van der Waals surface area contributed by atoms with E-state index >= 15 is 0 Å². The summed E-state index contributed by atoms with van der Waals surface area (Å²) in [5.41, 5.74) is 11.4. The molecule has 0 unspecified atom stereocenters. The van der Waals surface area contributed by atoms with Gasteiger partial charge >= 0.3 is 0 Å². The number of nitrogens with two attached hydrogens (primary N) is 1. The van der Waals surface area contributed by atoms with Gasteiger partial charge < -0.3 is 15.8 Å². The van der Waals surface area contributed by atoms with E-state index in [1.54, 1.807) is 30.2 Å². The number of pyridine rings is 1. The maximum absolute atomic E-state index is 6.13. The zero-order valence-corrected chi connectivity index (χ0v) is 11.8. The minimum atomic E-state index is 0.604. The second kappa shape index (κ2) is 5.34. The van der Waals surface area contributed by atoms with Crippen LogP contribution >= 0.6 is 11.3 Å². The van der Waals surface area contributed by atoms with E-state index in [-0.39, 0.29) is 0 Å². The van der Waals surface area contributed by atoms with Gasteiger partial charge in [-0.3, -0.25) is 0 Å². The lowest BCUT2D eigenvalue weighted by Gasteiger charge is -2.10. The Morgan fingerprint density at radius 1 is 1.30 bits per heavy atom. The number of ether oxygens (including phenoxy) is 1. The fraction of sp³-hybridized carbons (Fsp3) is 0.143. The van der Waals surface area contributed by atoms with E-state index in [0.717, 1.165) is 21.5 Å². The molecule has 102 valence electrons. The number of hydrogen-bond acceptors (Lipinski definition) is 6. The van der Waals surface area contributed by atoms with Crippen LogP contribution in [-0.4, -0.2) is 17.1 Å². The first-order valence-corrected chi connectivity index (χ1v) is 7.00. The van der Waals surface area contributed by atoms with Gasteiger partial charge in [-0.25, -0.2) is 9.97 Å². The normalized spacial score (nSPS) is 10.7. The van der Waals surface area contributed by atoms with Crippen molar-refractivity contribution in [3.63, 3.8) is 0 Å². The minimum Gasteiger partial charge on any atom is -0.481 e. The maximum atomic E-state index is 6.13. The summed E-state index contributed by atoms with van der Waals surface area (Å²) in [4.78, 5) is 8.37. The van der Waals surface area contributed by atoms with Gasteiger partial charge in [-0.2, -0.15) is 0 Å². The summed E-state index contributed by atoms with van der Waals surface area (Å²) >= 11 is 1.59. The van der Waals surface area contributed by atoms with Crippen LogP contribution in [0.15, 0.2) is 36.0 Å². The van der Waals surface area contributed by atoms with Crippen LogP contribution in [0.3, 0.4) is 0 Å². The van der Waals surface area contributed by atoms with Crippen molar-refractivity contribution in [2.24, 2.45) is 0 Å². The Hall–Kier alpha value is -2.34. The van der Waals surface area contributed by atoms with Gasteiger partial charge in [0.05, 0.1) is 28.7 Å². The number of benzene rings is 1. The van der Waals surface area contributed by atoms with E-state index < -0.39 is 0 Å². The van der Waals surface area contributed by atoms with Gasteiger partial charge in [0.2, 0.25) is 5.88 Å². The van der Waals surface area contributed by atoms with Gasteiger partial charge in [-0.05, 0) is 23.8 Å². The first kappa shape index (κ1) is 12.7. The Balaban J connectivity index is 1.80. The van der Waals surface area contributed by atoms with E-state index in [4.69, 9.17) is 10.5 Å². The zero-order chi connectivity index (χ0) is 13.9. The molecular weight excluding hydrogens is 272 g/mol. The molecule has 1 aromatic carbocycles. The molecule has 0 amide bonds. The Labute approximate surface area is 120 Å². The number of fused-ring (bicyclic) bond motifs is 1. The zero-order valence-electron chi connectivity index (χ0n) is 11.0. The topological polar surface area (TPSA) is 73.1 Å². The number of aromatic nitrogens is 2. The standard InChI is InChI=1S/C14H14N4OS/c1-19-12-6-9(4-5-16-12)7-17-10-2-3-11-14(13(10)15)18-8-20-11/h2-6,8,17H,7,15H2,1H3. The SMILES string of the molecule is COc1cc(CNc2ccc3scnc3c2N)ccn1. The molecular formula is C14H14N4OS. The third-order valence-corrected chi connectivity index (χ3v) is 3.83. The second-order valence-electron chi connectivity index (χ2n) is 4.29. The van der Waals surface area contributed by atoms with E-state index in [1.807, 2.05) is 24.3 Å². The van der Waals surface area contributed by atoms with Crippen LogP contribution < -0.4 is 15.8 Å². The second-order valence-corrected chi connectivity index (χ2v) is 5.17. The molecule has 5 nitrogen and oxygen atoms in total. The molecule has 0 aliphatic heterocycles. The highest BCUT2D eigenvalue weighted by molar-refractivity contribution is 7.16. The van der Waals surface area contributed by atoms with Crippen molar-refractivity contribution in [2.45, 2.75) is 6.54 Å². The molecule has 20 heavy (non-hydrogen) atoms. The van der Waals surface area contributed by atoms with Crippen molar-refractivity contribution >= 4 is 32.9 Å². The summed E-state index contributed by atoms with van der Waals surface area (Å²) in [5, 5.41) is 3.32. The number of thiazole rings is 1. The molecule has 0 radical (unpaired) electrons. The van der Waals surface area contributed by atoms with Gasteiger partial charge in [-0.1, -0.05) is 0 Å². The summed E-state index contributed by atoms with van der Waals surface area (Å²) < 4.78 is 6.20. The Kier molecular flexibility index (Phi) is 3.39. The molecule has 0 bridgehead atoms. The van der Waals surface area contributed by atoms with Gasteiger partial charge in [0.1, 0.15) is 5.52 Å². The van der Waals surface area contributed by atoms with Gasteiger partial charge in [-0.15, -0.1) is 11.3 Å². The molecule has 0 aliphatic carbocycles. The average Bonchev–Trinajstić information content (AvgIpc) is 2.96. The highest BCUT2D eigenvalue weighted by Gasteiger charge is 2.06. The summed E-state index contributed by atoms with van der Waals surface area (Å²) in [5.74, 6) is 0.604. The summed E-state index contributed by atoms with van der Waals surface area (Å²) in [6.45, 7) is 0.652. The van der Waals surface area contributed by atoms with Crippen LogP contribution in [0.1, 0.15) is 5.56 Å². The van der Waals surface area contributed by atoms with E-state index in [0.29, 0.717) is 18.1 Å². The van der Waals surface area contributed by atoms with Crippen LogP contribution in [0.4, 0.5) is 11.4 Å². The van der Waals surface area contributed by atoms with E-state index in [1.165, 1.54) is 0 Å². The molecule has 0 fully saturated rings. The molecule has 3 aromatic rings. The fourth-order valence-electron chi connectivity index (χ4n) is 1.98. The van der Waals surface area contributed by atoms with Crippen molar-refractivity contribution in [3.8, 4) is 5.88 Å². The van der Waals surface area contributed by atoms with Crippen LogP contribution in [0.25, 0.3) is 10.2 Å². The number of nitrogen functional groups attached to an aromatic ring is 1. The van der Waals surface area contributed by atoms with Crippen LogP contribution in [0.5, 0.6) is 5.88 Å².